The van der Waals surface area contributed by atoms with E-state index >= 15 is 0 Å². The van der Waals surface area contributed by atoms with Crippen molar-refractivity contribution in [1.29, 1.82) is 0 Å². The summed E-state index contributed by atoms with van der Waals surface area (Å²) in [6.45, 7) is 0. The average Bonchev–Trinajstić information content (AvgIpc) is 2.28. The van der Waals surface area contributed by atoms with Gasteiger partial charge >= 0.3 is 0 Å². The van der Waals surface area contributed by atoms with Crippen LogP contribution in [0.3, 0.4) is 0 Å². The molecular formula is C13H10F2INO. The Morgan fingerprint density at radius 1 is 1.33 bits per heavy atom. The maximum Gasteiger partial charge on any atom is 0.226 e. The van der Waals surface area contributed by atoms with Crippen LogP contribution >= 0.6 is 22.6 Å². The van der Waals surface area contributed by atoms with Crippen LogP contribution in [0.25, 0.3) is 0 Å². The molecule has 0 saturated heterocycles. The molecule has 0 heterocycles. The molecule has 0 aliphatic heterocycles. The molecule has 2 unspecified atom stereocenters. The summed E-state index contributed by atoms with van der Waals surface area (Å²) in [5.41, 5.74) is 5.58. The van der Waals surface area contributed by atoms with Gasteiger partial charge in [0.2, 0.25) is 5.91 Å². The number of allylic oxidation sites excluding steroid dienone is 3. The molecule has 18 heavy (non-hydrogen) atoms. The monoisotopic (exact) mass is 361 g/mol. The largest absolute Gasteiger partial charge is 0.369 e. The lowest BCUT2D eigenvalue weighted by Crippen LogP contribution is -2.37. The Bertz CT molecular complexity index is 556. The van der Waals surface area contributed by atoms with Crippen LogP contribution in [0, 0.1) is 17.6 Å². The highest BCUT2D eigenvalue weighted by molar-refractivity contribution is 14.1. The van der Waals surface area contributed by atoms with E-state index in [9.17, 15) is 13.6 Å². The zero-order valence-corrected chi connectivity index (χ0v) is 11.4. The number of amides is 1. The van der Waals surface area contributed by atoms with Gasteiger partial charge in [-0.3, -0.25) is 4.79 Å². The van der Waals surface area contributed by atoms with Crippen LogP contribution in [0.4, 0.5) is 8.78 Å². The van der Waals surface area contributed by atoms with Crippen molar-refractivity contribution in [2.24, 2.45) is 11.7 Å². The van der Waals surface area contributed by atoms with Gasteiger partial charge in [-0.2, -0.15) is 0 Å². The molecule has 94 valence electrons. The lowest BCUT2D eigenvalue weighted by atomic mass is 9.82. The number of carbonyl (C=O) groups is 1. The molecule has 1 aromatic carbocycles. The molecule has 2 rings (SSSR count). The third-order valence-corrected chi connectivity index (χ3v) is 4.47. The molecular weight excluding hydrogens is 351 g/mol. The van der Waals surface area contributed by atoms with Crippen LogP contribution < -0.4 is 5.73 Å². The van der Waals surface area contributed by atoms with Crippen LogP contribution in [-0.2, 0) is 8.22 Å². The smallest absolute Gasteiger partial charge is 0.226 e. The summed E-state index contributed by atoms with van der Waals surface area (Å²) < 4.78 is 25.9. The summed E-state index contributed by atoms with van der Waals surface area (Å²) >= 11 is 1.97. The molecule has 1 amide bonds. The van der Waals surface area contributed by atoms with Gasteiger partial charge in [-0.15, -0.1) is 0 Å². The highest BCUT2D eigenvalue weighted by atomic mass is 127. The summed E-state index contributed by atoms with van der Waals surface area (Å²) in [4.78, 5) is 11.5. The van der Waals surface area contributed by atoms with E-state index in [0.717, 1.165) is 6.07 Å². The minimum atomic E-state index is -0.921. The summed E-state index contributed by atoms with van der Waals surface area (Å²) in [5.74, 6) is -2.55. The summed E-state index contributed by atoms with van der Waals surface area (Å²) in [7, 11) is 0. The maximum atomic E-state index is 13.9. The fourth-order valence-electron chi connectivity index (χ4n) is 1.97. The first-order chi connectivity index (χ1) is 8.45. The lowest BCUT2D eigenvalue weighted by Gasteiger charge is -2.32. The fourth-order valence-corrected chi connectivity index (χ4v) is 3.13. The number of halogens is 3. The van der Waals surface area contributed by atoms with Crippen molar-refractivity contribution < 1.29 is 13.6 Å². The van der Waals surface area contributed by atoms with Crippen molar-refractivity contribution in [3.63, 3.8) is 0 Å². The third-order valence-electron chi connectivity index (χ3n) is 2.86. The van der Waals surface area contributed by atoms with Crippen molar-refractivity contribution in [2.45, 2.75) is 3.42 Å². The van der Waals surface area contributed by atoms with Crippen molar-refractivity contribution >= 4 is 28.5 Å². The summed E-state index contributed by atoms with van der Waals surface area (Å²) in [6.07, 6.45) is 6.72. The number of alkyl halides is 1. The number of rotatable bonds is 2. The van der Waals surface area contributed by atoms with Crippen LogP contribution in [-0.4, -0.2) is 5.91 Å². The van der Waals surface area contributed by atoms with E-state index in [-0.39, 0.29) is 5.56 Å². The molecule has 1 aliphatic rings. The van der Waals surface area contributed by atoms with Gasteiger partial charge in [0.1, 0.15) is 11.6 Å². The first-order valence-corrected chi connectivity index (χ1v) is 6.33. The van der Waals surface area contributed by atoms with Gasteiger partial charge in [-0.25, -0.2) is 8.78 Å². The SMILES string of the molecule is NC(=O)C1C=CC=CC1(I)c1ccc(F)cc1F. The molecule has 0 aromatic heterocycles. The van der Waals surface area contributed by atoms with E-state index in [1.807, 2.05) is 22.6 Å². The third kappa shape index (κ3) is 2.19. The topological polar surface area (TPSA) is 43.1 Å². The Labute approximate surface area is 117 Å². The van der Waals surface area contributed by atoms with E-state index < -0.39 is 26.9 Å². The zero-order chi connectivity index (χ0) is 13.3. The number of benzene rings is 1. The highest BCUT2D eigenvalue weighted by Gasteiger charge is 2.40. The van der Waals surface area contributed by atoms with Crippen LogP contribution in [0.5, 0.6) is 0 Å². The van der Waals surface area contributed by atoms with Gasteiger partial charge in [0.25, 0.3) is 0 Å². The van der Waals surface area contributed by atoms with Gasteiger partial charge in [-0.1, -0.05) is 53.0 Å². The molecule has 2 N–H and O–H groups in total. The number of hydrogen-bond acceptors (Lipinski definition) is 1. The van der Waals surface area contributed by atoms with E-state index in [2.05, 4.69) is 0 Å². The molecule has 5 heteroatoms. The minimum absolute atomic E-state index is 0.244. The van der Waals surface area contributed by atoms with Gasteiger partial charge in [0.05, 0.1) is 9.34 Å². The van der Waals surface area contributed by atoms with Gasteiger partial charge in [0.15, 0.2) is 0 Å². The normalized spacial score (nSPS) is 26.3. The van der Waals surface area contributed by atoms with Crippen molar-refractivity contribution in [3.05, 3.63) is 59.7 Å². The van der Waals surface area contributed by atoms with E-state index in [0.29, 0.717) is 0 Å². The highest BCUT2D eigenvalue weighted by Crippen LogP contribution is 2.44. The Kier molecular flexibility index (Phi) is 3.52. The quantitative estimate of drug-likeness (QED) is 0.639. The molecule has 0 fully saturated rings. The first kappa shape index (κ1) is 13.2. The predicted octanol–water partition coefficient (Wildman–Crippen LogP) is 2.82. The first-order valence-electron chi connectivity index (χ1n) is 5.25. The second kappa shape index (κ2) is 4.79. The number of primary amides is 1. The Morgan fingerprint density at radius 3 is 2.67 bits per heavy atom. The van der Waals surface area contributed by atoms with E-state index in [1.165, 1.54) is 12.1 Å². The van der Waals surface area contributed by atoms with Crippen LogP contribution in [0.2, 0.25) is 0 Å². The van der Waals surface area contributed by atoms with Gasteiger partial charge in [-0.05, 0) is 6.07 Å². The van der Waals surface area contributed by atoms with Crippen molar-refractivity contribution in [2.75, 3.05) is 0 Å². The standard InChI is InChI=1S/C13H10F2INO/c14-8-4-5-9(11(15)7-8)13(16)6-2-1-3-10(13)12(17)18/h1-7,10H,(H2,17,18). The molecule has 0 spiro atoms. The van der Waals surface area contributed by atoms with Crippen LogP contribution in [0.15, 0.2) is 42.5 Å². The molecule has 1 aromatic rings. The molecule has 1 aliphatic carbocycles. The maximum absolute atomic E-state index is 13.9. The Hall–Kier alpha value is -1.24. The van der Waals surface area contributed by atoms with E-state index in [4.69, 9.17) is 5.73 Å². The number of nitrogens with two attached hydrogens (primary N) is 1. The Balaban J connectivity index is 2.55. The molecule has 0 bridgehead atoms. The average molecular weight is 361 g/mol. The molecule has 2 nitrogen and oxygen atoms in total. The molecule has 0 radical (unpaired) electrons. The van der Waals surface area contributed by atoms with Gasteiger partial charge < -0.3 is 5.73 Å². The fraction of sp³-hybridized carbons (Fsp3) is 0.154. The second-order valence-electron chi connectivity index (χ2n) is 4.02. The lowest BCUT2D eigenvalue weighted by molar-refractivity contribution is -0.120. The van der Waals surface area contributed by atoms with E-state index in [1.54, 1.807) is 24.3 Å². The summed E-state index contributed by atoms with van der Waals surface area (Å²) in [6, 6.07) is 3.32. The predicted molar refractivity (Wildman–Crippen MR) is 73.0 cm³/mol. The number of hydrogen-bond donors (Lipinski definition) is 1. The second-order valence-corrected chi connectivity index (χ2v) is 5.80. The summed E-state index contributed by atoms with van der Waals surface area (Å²) in [5, 5.41) is 0. The zero-order valence-electron chi connectivity index (χ0n) is 9.24. The minimum Gasteiger partial charge on any atom is -0.369 e. The number of carbonyl (C=O) groups excluding carboxylic acids is 1. The van der Waals surface area contributed by atoms with Gasteiger partial charge in [0, 0.05) is 11.6 Å². The van der Waals surface area contributed by atoms with Crippen LogP contribution in [0.1, 0.15) is 5.56 Å². The van der Waals surface area contributed by atoms with Crippen molar-refractivity contribution in [1.82, 2.24) is 0 Å². The molecule has 2 atom stereocenters. The Morgan fingerprint density at radius 2 is 2.06 bits per heavy atom. The van der Waals surface area contributed by atoms with Crippen molar-refractivity contribution in [3.8, 4) is 0 Å². The molecule has 0 saturated carbocycles.